The first-order valence-corrected chi connectivity index (χ1v) is 9.64. The van der Waals surface area contributed by atoms with Crippen molar-refractivity contribution in [2.45, 2.75) is 12.5 Å². The van der Waals surface area contributed by atoms with Crippen LogP contribution in [0, 0.1) is 0 Å². The van der Waals surface area contributed by atoms with Crippen LogP contribution in [-0.4, -0.2) is 11.0 Å². The Morgan fingerprint density at radius 1 is 1.00 bits per heavy atom. The average molecular weight is 350 g/mol. The predicted molar refractivity (Wildman–Crippen MR) is 96.6 cm³/mol. The average Bonchev–Trinajstić information content (AvgIpc) is 2.73. The SMILES string of the molecule is O=P1(O)Oc2ccc3ccccc3c2C2=c3ccccc3=CCC2O1. The number of benzene rings is 3. The summed E-state index contributed by atoms with van der Waals surface area (Å²) in [4.78, 5) is 10.1. The molecule has 3 aromatic rings. The van der Waals surface area contributed by atoms with Crippen LogP contribution >= 0.6 is 7.82 Å². The highest BCUT2D eigenvalue weighted by Gasteiger charge is 2.37. The van der Waals surface area contributed by atoms with Gasteiger partial charge in [-0.2, -0.15) is 0 Å². The molecule has 0 radical (unpaired) electrons. The van der Waals surface area contributed by atoms with Crippen molar-refractivity contribution in [3.8, 4) is 5.75 Å². The zero-order valence-electron chi connectivity index (χ0n) is 13.3. The summed E-state index contributed by atoms with van der Waals surface area (Å²) >= 11 is 0. The van der Waals surface area contributed by atoms with Crippen molar-refractivity contribution < 1.29 is 18.5 Å². The van der Waals surface area contributed by atoms with Crippen molar-refractivity contribution in [1.29, 1.82) is 0 Å². The summed E-state index contributed by atoms with van der Waals surface area (Å²) in [6.45, 7) is 0. The molecule has 5 rings (SSSR count). The lowest BCUT2D eigenvalue weighted by Gasteiger charge is -2.21. The molecule has 25 heavy (non-hydrogen) atoms. The minimum absolute atomic E-state index is 0.388. The first-order chi connectivity index (χ1) is 12.1. The minimum atomic E-state index is -4.18. The quantitative estimate of drug-likeness (QED) is 0.633. The highest BCUT2D eigenvalue weighted by molar-refractivity contribution is 7.47. The standard InChI is InChI=1S/C20H15O4P/c21-25(22)23-17-11-9-13-5-1-3-7-15(13)19(17)20-16-8-4-2-6-14(16)10-12-18(20)24-25/h1-11,18H,12H2,(H,21,22). The van der Waals surface area contributed by atoms with Gasteiger partial charge >= 0.3 is 7.82 Å². The largest absolute Gasteiger partial charge is 0.528 e. The maximum Gasteiger partial charge on any atom is 0.528 e. The van der Waals surface area contributed by atoms with Crippen LogP contribution in [0.2, 0.25) is 0 Å². The Morgan fingerprint density at radius 3 is 2.72 bits per heavy atom. The first-order valence-electron chi connectivity index (χ1n) is 8.15. The van der Waals surface area contributed by atoms with Gasteiger partial charge in [-0.1, -0.05) is 60.7 Å². The fourth-order valence-corrected chi connectivity index (χ4v) is 4.71. The van der Waals surface area contributed by atoms with Crippen LogP contribution in [0.1, 0.15) is 12.0 Å². The monoisotopic (exact) mass is 350 g/mol. The van der Waals surface area contributed by atoms with Gasteiger partial charge in [-0.25, -0.2) is 4.57 Å². The zero-order chi connectivity index (χ0) is 17.0. The van der Waals surface area contributed by atoms with Gasteiger partial charge in [0, 0.05) is 11.1 Å². The highest BCUT2D eigenvalue weighted by atomic mass is 31.2. The van der Waals surface area contributed by atoms with Gasteiger partial charge in [0.2, 0.25) is 0 Å². The van der Waals surface area contributed by atoms with E-state index in [9.17, 15) is 9.46 Å². The number of phosphoric acid groups is 1. The molecule has 1 heterocycles. The van der Waals surface area contributed by atoms with E-state index in [2.05, 4.69) is 0 Å². The molecular formula is C20H15O4P. The van der Waals surface area contributed by atoms with E-state index in [0.717, 1.165) is 32.3 Å². The molecule has 0 aromatic heterocycles. The van der Waals surface area contributed by atoms with Crippen LogP contribution in [0.25, 0.3) is 22.4 Å². The fourth-order valence-electron chi connectivity index (χ4n) is 3.75. The Hall–Kier alpha value is -2.39. The minimum Gasteiger partial charge on any atom is -0.403 e. The number of phosphoric ester groups is 1. The molecule has 1 aliphatic carbocycles. The third-order valence-corrected chi connectivity index (χ3v) is 5.71. The normalized spacial score (nSPS) is 24.4. The van der Waals surface area contributed by atoms with E-state index in [1.54, 1.807) is 6.07 Å². The van der Waals surface area contributed by atoms with E-state index in [-0.39, 0.29) is 0 Å². The Morgan fingerprint density at radius 2 is 1.80 bits per heavy atom. The van der Waals surface area contributed by atoms with Crippen molar-refractivity contribution in [2.75, 3.05) is 0 Å². The number of hydrogen-bond acceptors (Lipinski definition) is 3. The van der Waals surface area contributed by atoms with Gasteiger partial charge in [-0.05, 0) is 33.7 Å². The summed E-state index contributed by atoms with van der Waals surface area (Å²) in [6.07, 6.45) is 2.06. The van der Waals surface area contributed by atoms with Gasteiger partial charge in [0.15, 0.2) is 0 Å². The summed E-state index contributed by atoms with van der Waals surface area (Å²) in [6, 6.07) is 19.7. The first kappa shape index (κ1) is 14.9. The van der Waals surface area contributed by atoms with E-state index in [4.69, 9.17) is 9.05 Å². The lowest BCUT2D eigenvalue weighted by molar-refractivity contribution is 0.179. The Balaban J connectivity index is 2.00. The molecule has 0 amide bonds. The fraction of sp³-hybridized carbons (Fsp3) is 0.100. The lowest BCUT2D eigenvalue weighted by atomic mass is 9.88. The van der Waals surface area contributed by atoms with Crippen LogP contribution < -0.4 is 15.0 Å². The predicted octanol–water partition coefficient (Wildman–Crippen LogP) is 3.10. The van der Waals surface area contributed by atoms with Gasteiger partial charge in [0.05, 0.1) is 0 Å². The summed E-state index contributed by atoms with van der Waals surface area (Å²) in [5.41, 5.74) is 1.76. The third-order valence-electron chi connectivity index (χ3n) is 4.76. The molecule has 1 N–H and O–H groups in total. The van der Waals surface area contributed by atoms with Crippen molar-refractivity contribution in [3.63, 3.8) is 0 Å². The zero-order valence-corrected chi connectivity index (χ0v) is 14.1. The number of rotatable bonds is 0. The second kappa shape index (κ2) is 5.30. The molecule has 0 saturated heterocycles. The molecule has 0 fully saturated rings. The molecule has 0 saturated carbocycles. The molecule has 0 spiro atoms. The van der Waals surface area contributed by atoms with Gasteiger partial charge < -0.3 is 4.52 Å². The molecule has 3 aromatic carbocycles. The Bertz CT molecular complexity index is 1180. The summed E-state index contributed by atoms with van der Waals surface area (Å²) in [5, 5.41) is 4.16. The van der Waals surface area contributed by atoms with Crippen molar-refractivity contribution in [2.24, 2.45) is 0 Å². The van der Waals surface area contributed by atoms with Crippen molar-refractivity contribution in [1.82, 2.24) is 0 Å². The molecule has 2 unspecified atom stereocenters. The highest BCUT2D eigenvalue weighted by Crippen LogP contribution is 2.53. The van der Waals surface area contributed by atoms with E-state index < -0.39 is 13.9 Å². The van der Waals surface area contributed by atoms with Gasteiger partial charge in [0.1, 0.15) is 11.9 Å². The molecule has 4 nitrogen and oxygen atoms in total. The molecular weight excluding hydrogens is 335 g/mol. The van der Waals surface area contributed by atoms with E-state index >= 15 is 0 Å². The Labute approximate surface area is 144 Å². The smallest absolute Gasteiger partial charge is 0.403 e. The molecule has 124 valence electrons. The molecule has 1 aliphatic heterocycles. The Kier molecular flexibility index (Phi) is 3.16. The van der Waals surface area contributed by atoms with Crippen LogP contribution in [0.4, 0.5) is 0 Å². The molecule has 2 aliphatic rings. The number of hydrogen-bond donors (Lipinski definition) is 1. The topological polar surface area (TPSA) is 55.8 Å². The second-order valence-electron chi connectivity index (χ2n) is 6.25. The van der Waals surface area contributed by atoms with E-state index in [0.29, 0.717) is 12.2 Å². The summed E-state index contributed by atoms with van der Waals surface area (Å²) in [5.74, 6) is 0.388. The second-order valence-corrected chi connectivity index (χ2v) is 7.58. The van der Waals surface area contributed by atoms with Crippen molar-refractivity contribution >= 4 is 30.2 Å². The van der Waals surface area contributed by atoms with Crippen LogP contribution in [0.5, 0.6) is 5.75 Å². The van der Waals surface area contributed by atoms with Gasteiger partial charge in [0.25, 0.3) is 0 Å². The van der Waals surface area contributed by atoms with Crippen LogP contribution in [0.15, 0.2) is 60.7 Å². The van der Waals surface area contributed by atoms with Gasteiger partial charge in [-0.3, -0.25) is 9.42 Å². The molecule has 2 atom stereocenters. The van der Waals surface area contributed by atoms with E-state index in [1.165, 1.54) is 0 Å². The third kappa shape index (κ3) is 2.34. The van der Waals surface area contributed by atoms with E-state index in [1.807, 2.05) is 60.7 Å². The summed E-state index contributed by atoms with van der Waals surface area (Å²) < 4.78 is 23.3. The van der Waals surface area contributed by atoms with Crippen LogP contribution in [0.3, 0.4) is 0 Å². The lowest BCUT2D eigenvalue weighted by Crippen LogP contribution is -2.35. The maximum absolute atomic E-state index is 12.4. The van der Waals surface area contributed by atoms with Gasteiger partial charge in [-0.15, -0.1) is 0 Å². The molecule has 5 heteroatoms. The number of fused-ring (bicyclic) bond motifs is 6. The maximum atomic E-state index is 12.4. The summed E-state index contributed by atoms with van der Waals surface area (Å²) in [7, 11) is -4.18. The van der Waals surface area contributed by atoms with Crippen molar-refractivity contribution in [3.05, 3.63) is 76.7 Å². The molecule has 0 bridgehead atoms. The van der Waals surface area contributed by atoms with Crippen LogP contribution in [-0.2, 0) is 9.09 Å².